The van der Waals surface area contributed by atoms with Crippen molar-refractivity contribution in [2.45, 2.75) is 39.8 Å². The smallest absolute Gasteiger partial charge is 0.226 e. The summed E-state index contributed by atoms with van der Waals surface area (Å²) in [5.41, 5.74) is 1.17. The van der Waals surface area contributed by atoms with Crippen LogP contribution in [0, 0.1) is 11.8 Å². The third kappa shape index (κ3) is 2.84. The number of hydrogen-bond acceptors (Lipinski definition) is 3. The largest absolute Gasteiger partial charge is 0.334 e. The third-order valence-corrected chi connectivity index (χ3v) is 4.98. The summed E-state index contributed by atoms with van der Waals surface area (Å²) < 4.78 is 2.12. The van der Waals surface area contributed by atoms with Crippen LogP contribution in [-0.4, -0.2) is 51.7 Å². The second-order valence-electron chi connectivity index (χ2n) is 6.45. The van der Waals surface area contributed by atoms with Crippen molar-refractivity contribution in [1.29, 1.82) is 0 Å². The number of amides is 1. The molecule has 21 heavy (non-hydrogen) atoms. The molecule has 0 bridgehead atoms. The molecular formula is C16H26N4O. The number of carbonyl (C=O) groups excluding carboxylic acids is 1. The van der Waals surface area contributed by atoms with Crippen LogP contribution in [0.5, 0.6) is 0 Å². The van der Waals surface area contributed by atoms with Gasteiger partial charge in [0, 0.05) is 25.2 Å². The molecule has 0 N–H and O–H groups in total. The van der Waals surface area contributed by atoms with E-state index in [9.17, 15) is 4.79 Å². The van der Waals surface area contributed by atoms with Crippen molar-refractivity contribution in [1.82, 2.24) is 19.6 Å². The van der Waals surface area contributed by atoms with Crippen molar-refractivity contribution in [2.75, 3.05) is 26.2 Å². The zero-order valence-electron chi connectivity index (χ0n) is 13.3. The van der Waals surface area contributed by atoms with Crippen LogP contribution in [-0.2, 0) is 11.3 Å². The summed E-state index contributed by atoms with van der Waals surface area (Å²) >= 11 is 0. The summed E-state index contributed by atoms with van der Waals surface area (Å²) in [6.45, 7) is 11.1. The molecule has 1 fully saturated rings. The molecule has 0 spiro atoms. The lowest BCUT2D eigenvalue weighted by Gasteiger charge is -2.36. The summed E-state index contributed by atoms with van der Waals surface area (Å²) in [6.07, 6.45) is 2.92. The maximum atomic E-state index is 12.6. The van der Waals surface area contributed by atoms with Gasteiger partial charge < -0.3 is 9.80 Å². The van der Waals surface area contributed by atoms with Crippen LogP contribution in [0.3, 0.4) is 0 Å². The van der Waals surface area contributed by atoms with Crippen LogP contribution in [0.25, 0.3) is 0 Å². The first-order chi connectivity index (χ1) is 10.1. The number of aromatic nitrogens is 2. The molecule has 3 atom stereocenters. The highest BCUT2D eigenvalue weighted by atomic mass is 16.2. The molecule has 0 radical (unpaired) electrons. The second kappa shape index (κ2) is 5.79. The maximum absolute atomic E-state index is 12.6. The fourth-order valence-corrected chi connectivity index (χ4v) is 3.37. The number of nitrogens with zero attached hydrogens (tertiary/aromatic N) is 4. The van der Waals surface area contributed by atoms with Gasteiger partial charge in [0.2, 0.25) is 5.91 Å². The van der Waals surface area contributed by atoms with Crippen molar-refractivity contribution in [3.8, 4) is 0 Å². The van der Waals surface area contributed by atoms with Gasteiger partial charge in [-0.15, -0.1) is 0 Å². The minimum absolute atomic E-state index is 0.272. The van der Waals surface area contributed by atoms with Crippen LogP contribution >= 0.6 is 0 Å². The Hall–Kier alpha value is -1.36. The van der Waals surface area contributed by atoms with Gasteiger partial charge in [-0.1, -0.05) is 20.8 Å². The average molecular weight is 290 g/mol. The van der Waals surface area contributed by atoms with Gasteiger partial charge in [0.15, 0.2) is 0 Å². The van der Waals surface area contributed by atoms with E-state index in [1.165, 1.54) is 5.69 Å². The minimum atomic E-state index is 0.272. The van der Waals surface area contributed by atoms with E-state index in [0.717, 1.165) is 39.1 Å². The molecule has 0 unspecified atom stereocenters. The first-order valence-corrected chi connectivity index (χ1v) is 8.17. The number of likely N-dealkylation sites (N-methyl/N-ethyl adjacent to an activating group) is 1. The molecule has 1 saturated carbocycles. The summed E-state index contributed by atoms with van der Waals surface area (Å²) in [5.74, 6) is 1.19. The van der Waals surface area contributed by atoms with Crippen LogP contribution in [0.15, 0.2) is 12.3 Å². The quantitative estimate of drug-likeness (QED) is 0.830. The van der Waals surface area contributed by atoms with Crippen LogP contribution in [0.4, 0.5) is 0 Å². The number of rotatable bonds is 5. The lowest BCUT2D eigenvalue weighted by atomic mass is 10.1. The zero-order valence-corrected chi connectivity index (χ0v) is 13.3. The second-order valence-corrected chi connectivity index (χ2v) is 6.45. The molecule has 1 aromatic heterocycles. The van der Waals surface area contributed by atoms with Gasteiger partial charge in [0.05, 0.1) is 18.3 Å². The number of hydrogen-bond donors (Lipinski definition) is 0. The average Bonchev–Trinajstić information content (AvgIpc) is 3.02. The summed E-state index contributed by atoms with van der Waals surface area (Å²) in [4.78, 5) is 17.0. The Bertz CT molecular complexity index is 508. The highest BCUT2D eigenvalue weighted by Gasteiger charge is 2.43. The van der Waals surface area contributed by atoms with Gasteiger partial charge in [-0.2, -0.15) is 5.10 Å². The first kappa shape index (κ1) is 14.6. The molecule has 0 aromatic carbocycles. The maximum Gasteiger partial charge on any atom is 0.226 e. The Morgan fingerprint density at radius 2 is 2.14 bits per heavy atom. The fraction of sp³-hybridized carbons (Fsp3) is 0.750. The van der Waals surface area contributed by atoms with E-state index in [-0.39, 0.29) is 12.0 Å². The Kier molecular flexibility index (Phi) is 4.02. The molecule has 2 aliphatic rings. The standard InChI is InChI=1S/C16H26N4O/c1-4-18(5-2)9-14-11-19(16(21)15-8-12(15)3)10-13-6-7-17-20(13)14/h6-7,12,14-15H,4-5,8-11H2,1-3H3/t12-,14+,15+/m0/s1. The lowest BCUT2D eigenvalue weighted by Crippen LogP contribution is -2.45. The van der Waals surface area contributed by atoms with Gasteiger partial charge in [-0.25, -0.2) is 0 Å². The van der Waals surface area contributed by atoms with E-state index in [2.05, 4.69) is 40.4 Å². The molecule has 116 valence electrons. The Labute approximate surface area is 126 Å². The first-order valence-electron chi connectivity index (χ1n) is 8.17. The summed E-state index contributed by atoms with van der Waals surface area (Å²) in [7, 11) is 0. The van der Waals surface area contributed by atoms with Crippen LogP contribution in [0.2, 0.25) is 0 Å². The molecule has 5 heteroatoms. The normalized spacial score (nSPS) is 27.8. The summed E-state index contributed by atoms with van der Waals surface area (Å²) in [5, 5.41) is 4.48. The Balaban J connectivity index is 1.75. The minimum Gasteiger partial charge on any atom is -0.334 e. The van der Waals surface area contributed by atoms with E-state index in [1.807, 2.05) is 12.3 Å². The van der Waals surface area contributed by atoms with E-state index >= 15 is 0 Å². The Morgan fingerprint density at radius 1 is 1.43 bits per heavy atom. The Morgan fingerprint density at radius 3 is 2.76 bits per heavy atom. The summed E-state index contributed by atoms with van der Waals surface area (Å²) in [6, 6.07) is 2.33. The zero-order chi connectivity index (χ0) is 15.0. The van der Waals surface area contributed by atoms with Gasteiger partial charge in [0.25, 0.3) is 0 Å². The molecule has 3 rings (SSSR count). The highest BCUT2D eigenvalue weighted by molar-refractivity contribution is 5.81. The molecule has 1 amide bonds. The van der Waals surface area contributed by atoms with Crippen LogP contribution in [0.1, 0.15) is 38.9 Å². The molecule has 0 saturated heterocycles. The van der Waals surface area contributed by atoms with Crippen molar-refractivity contribution >= 4 is 5.91 Å². The molecule has 1 aliphatic carbocycles. The third-order valence-electron chi connectivity index (χ3n) is 4.98. The fourth-order valence-electron chi connectivity index (χ4n) is 3.37. The molecular weight excluding hydrogens is 264 g/mol. The topological polar surface area (TPSA) is 41.4 Å². The van der Waals surface area contributed by atoms with Crippen molar-refractivity contribution in [3.63, 3.8) is 0 Å². The van der Waals surface area contributed by atoms with E-state index < -0.39 is 0 Å². The van der Waals surface area contributed by atoms with Crippen molar-refractivity contribution < 1.29 is 4.79 Å². The van der Waals surface area contributed by atoms with Crippen LogP contribution < -0.4 is 0 Å². The van der Waals surface area contributed by atoms with Gasteiger partial charge in [0.1, 0.15) is 0 Å². The predicted molar refractivity (Wildman–Crippen MR) is 81.7 cm³/mol. The number of carbonyl (C=O) groups is 1. The lowest BCUT2D eigenvalue weighted by molar-refractivity contribution is -0.135. The molecule has 1 aromatic rings. The van der Waals surface area contributed by atoms with E-state index in [0.29, 0.717) is 11.8 Å². The van der Waals surface area contributed by atoms with E-state index in [1.54, 1.807) is 0 Å². The van der Waals surface area contributed by atoms with Crippen molar-refractivity contribution in [2.24, 2.45) is 11.8 Å². The van der Waals surface area contributed by atoms with Gasteiger partial charge in [-0.3, -0.25) is 9.48 Å². The van der Waals surface area contributed by atoms with Gasteiger partial charge >= 0.3 is 0 Å². The SMILES string of the molecule is CCN(CC)C[C@@H]1CN(C(=O)[C@@H]2C[C@@H]2C)Cc2ccnn21. The van der Waals surface area contributed by atoms with Crippen molar-refractivity contribution in [3.05, 3.63) is 18.0 Å². The highest BCUT2D eigenvalue weighted by Crippen LogP contribution is 2.40. The molecule has 5 nitrogen and oxygen atoms in total. The number of fused-ring (bicyclic) bond motifs is 1. The monoisotopic (exact) mass is 290 g/mol. The molecule has 2 heterocycles. The predicted octanol–water partition coefficient (Wildman–Crippen LogP) is 1.76. The molecule has 1 aliphatic heterocycles. The van der Waals surface area contributed by atoms with Gasteiger partial charge in [-0.05, 0) is 31.5 Å². The van der Waals surface area contributed by atoms with E-state index in [4.69, 9.17) is 0 Å².